The van der Waals surface area contributed by atoms with Crippen molar-refractivity contribution < 1.29 is 0 Å². The van der Waals surface area contributed by atoms with E-state index >= 15 is 0 Å². The van der Waals surface area contributed by atoms with Crippen LogP contribution in [0.5, 0.6) is 0 Å². The number of nitrogen functional groups attached to an aromatic ring is 1. The molecule has 1 fully saturated rings. The predicted molar refractivity (Wildman–Crippen MR) is 73.8 cm³/mol. The molecule has 2 N–H and O–H groups in total. The minimum absolute atomic E-state index is 0.303. The van der Waals surface area contributed by atoms with E-state index in [9.17, 15) is 0 Å². The summed E-state index contributed by atoms with van der Waals surface area (Å²) in [5.74, 6) is 2.24. The van der Waals surface area contributed by atoms with Crippen LogP contribution < -0.4 is 15.5 Å². The number of nitrogens with zero attached hydrogens (tertiary/aromatic N) is 5. The van der Waals surface area contributed by atoms with E-state index in [0.29, 0.717) is 23.8 Å². The zero-order valence-electron chi connectivity index (χ0n) is 11.4. The Kier molecular flexibility index (Phi) is 3.84. The molecular formula is C12H22N6. The van der Waals surface area contributed by atoms with Gasteiger partial charge in [0.2, 0.25) is 17.8 Å². The summed E-state index contributed by atoms with van der Waals surface area (Å²) in [7, 11) is 1.99. The lowest BCUT2D eigenvalue weighted by Gasteiger charge is -2.21. The SMILES string of the molecule is CC(C)CN(C)c1nc(N)nc(N2CCCC2)n1. The Morgan fingerprint density at radius 2 is 1.89 bits per heavy atom. The van der Waals surface area contributed by atoms with E-state index in [-0.39, 0.29) is 0 Å². The molecule has 0 unspecified atom stereocenters. The average molecular weight is 250 g/mol. The first-order valence-electron chi connectivity index (χ1n) is 6.54. The second kappa shape index (κ2) is 5.37. The molecule has 6 nitrogen and oxygen atoms in total. The van der Waals surface area contributed by atoms with Gasteiger partial charge in [0.05, 0.1) is 0 Å². The third-order valence-corrected chi connectivity index (χ3v) is 3.00. The normalized spacial score (nSPS) is 15.4. The molecule has 18 heavy (non-hydrogen) atoms. The van der Waals surface area contributed by atoms with E-state index in [1.54, 1.807) is 0 Å². The Balaban J connectivity index is 2.20. The van der Waals surface area contributed by atoms with Crippen LogP contribution >= 0.6 is 0 Å². The van der Waals surface area contributed by atoms with E-state index in [2.05, 4.69) is 33.7 Å². The van der Waals surface area contributed by atoms with E-state index in [1.165, 1.54) is 12.8 Å². The molecule has 0 bridgehead atoms. The van der Waals surface area contributed by atoms with Crippen LogP contribution in [-0.2, 0) is 0 Å². The summed E-state index contributed by atoms with van der Waals surface area (Å²) in [4.78, 5) is 17.2. The van der Waals surface area contributed by atoms with E-state index in [1.807, 2.05) is 11.9 Å². The third-order valence-electron chi connectivity index (χ3n) is 3.00. The van der Waals surface area contributed by atoms with Crippen LogP contribution in [0.3, 0.4) is 0 Å². The molecule has 2 heterocycles. The van der Waals surface area contributed by atoms with Gasteiger partial charge in [-0.25, -0.2) is 0 Å². The summed E-state index contributed by atoms with van der Waals surface area (Å²) >= 11 is 0. The molecular weight excluding hydrogens is 228 g/mol. The molecule has 100 valence electrons. The highest BCUT2D eigenvalue weighted by Gasteiger charge is 2.18. The van der Waals surface area contributed by atoms with Gasteiger partial charge in [-0.3, -0.25) is 0 Å². The second-order valence-corrected chi connectivity index (χ2v) is 5.26. The maximum absolute atomic E-state index is 5.78. The van der Waals surface area contributed by atoms with Crippen LogP contribution in [-0.4, -0.2) is 41.6 Å². The molecule has 6 heteroatoms. The summed E-state index contributed by atoms with van der Waals surface area (Å²) in [5, 5.41) is 0. The molecule has 0 amide bonds. The van der Waals surface area contributed by atoms with Crippen molar-refractivity contribution in [3.63, 3.8) is 0 Å². The van der Waals surface area contributed by atoms with Crippen LogP contribution in [0.1, 0.15) is 26.7 Å². The minimum atomic E-state index is 0.303. The summed E-state index contributed by atoms with van der Waals surface area (Å²) in [6.07, 6.45) is 2.39. The zero-order chi connectivity index (χ0) is 13.1. The van der Waals surface area contributed by atoms with Gasteiger partial charge < -0.3 is 15.5 Å². The molecule has 1 aromatic heterocycles. The highest BCUT2D eigenvalue weighted by atomic mass is 15.3. The van der Waals surface area contributed by atoms with Gasteiger partial charge in [0, 0.05) is 26.7 Å². The van der Waals surface area contributed by atoms with Gasteiger partial charge in [-0.15, -0.1) is 0 Å². The van der Waals surface area contributed by atoms with Crippen molar-refractivity contribution in [1.29, 1.82) is 0 Å². The van der Waals surface area contributed by atoms with E-state index < -0.39 is 0 Å². The standard InChI is InChI=1S/C12H22N6/c1-9(2)8-17(3)11-14-10(13)15-12(16-11)18-6-4-5-7-18/h9H,4-8H2,1-3H3,(H2,13,14,15,16). The maximum Gasteiger partial charge on any atom is 0.231 e. The zero-order valence-corrected chi connectivity index (χ0v) is 11.4. The van der Waals surface area contributed by atoms with Crippen LogP contribution in [0.2, 0.25) is 0 Å². The lowest BCUT2D eigenvalue weighted by Crippen LogP contribution is -2.27. The first kappa shape index (κ1) is 12.9. The van der Waals surface area contributed by atoms with Gasteiger partial charge in [0.15, 0.2) is 0 Å². The van der Waals surface area contributed by atoms with Crippen molar-refractivity contribution in [2.75, 3.05) is 42.2 Å². The molecule has 1 aromatic rings. The molecule has 1 saturated heterocycles. The highest BCUT2D eigenvalue weighted by Crippen LogP contribution is 2.19. The predicted octanol–water partition coefficient (Wildman–Crippen LogP) is 1.15. The number of rotatable bonds is 4. The van der Waals surface area contributed by atoms with E-state index in [4.69, 9.17) is 5.73 Å². The van der Waals surface area contributed by atoms with Crippen molar-refractivity contribution in [2.24, 2.45) is 5.92 Å². The Bertz CT molecular complexity index is 400. The van der Waals surface area contributed by atoms with Crippen molar-refractivity contribution >= 4 is 17.8 Å². The fourth-order valence-corrected chi connectivity index (χ4v) is 2.23. The van der Waals surface area contributed by atoms with Gasteiger partial charge >= 0.3 is 0 Å². The fraction of sp³-hybridized carbons (Fsp3) is 0.750. The smallest absolute Gasteiger partial charge is 0.231 e. The summed E-state index contributed by atoms with van der Waals surface area (Å²) in [5.41, 5.74) is 5.78. The van der Waals surface area contributed by atoms with Crippen LogP contribution in [0.15, 0.2) is 0 Å². The lowest BCUT2D eigenvalue weighted by molar-refractivity contribution is 0.629. The number of hydrogen-bond donors (Lipinski definition) is 1. The first-order valence-corrected chi connectivity index (χ1v) is 6.54. The highest BCUT2D eigenvalue weighted by molar-refractivity contribution is 5.43. The molecule has 0 saturated carbocycles. The van der Waals surface area contributed by atoms with Crippen LogP contribution in [0, 0.1) is 5.92 Å². The molecule has 2 rings (SSSR count). The Morgan fingerprint density at radius 3 is 2.50 bits per heavy atom. The maximum atomic E-state index is 5.78. The Labute approximate surface area is 108 Å². The Morgan fingerprint density at radius 1 is 1.22 bits per heavy atom. The van der Waals surface area contributed by atoms with Gasteiger partial charge in [0.1, 0.15) is 0 Å². The van der Waals surface area contributed by atoms with Crippen molar-refractivity contribution in [3.05, 3.63) is 0 Å². The fourth-order valence-electron chi connectivity index (χ4n) is 2.23. The average Bonchev–Trinajstić information content (AvgIpc) is 2.80. The van der Waals surface area contributed by atoms with Crippen LogP contribution in [0.4, 0.5) is 17.8 Å². The number of anilines is 3. The van der Waals surface area contributed by atoms with Gasteiger partial charge in [-0.1, -0.05) is 13.8 Å². The monoisotopic (exact) mass is 250 g/mol. The number of aromatic nitrogens is 3. The first-order chi connectivity index (χ1) is 8.56. The number of hydrogen-bond acceptors (Lipinski definition) is 6. The third kappa shape index (κ3) is 3.00. The molecule has 0 aromatic carbocycles. The summed E-state index contributed by atoms with van der Waals surface area (Å²) in [6, 6.07) is 0. The Hall–Kier alpha value is -1.59. The molecule has 1 aliphatic heterocycles. The van der Waals surface area contributed by atoms with Crippen molar-refractivity contribution in [3.8, 4) is 0 Å². The minimum Gasteiger partial charge on any atom is -0.368 e. The topological polar surface area (TPSA) is 71.2 Å². The van der Waals surface area contributed by atoms with Gasteiger partial charge in [0.25, 0.3) is 0 Å². The summed E-state index contributed by atoms with van der Waals surface area (Å²) in [6.45, 7) is 7.27. The molecule has 0 radical (unpaired) electrons. The molecule has 0 spiro atoms. The summed E-state index contributed by atoms with van der Waals surface area (Å²) < 4.78 is 0. The largest absolute Gasteiger partial charge is 0.368 e. The van der Waals surface area contributed by atoms with Crippen LogP contribution in [0.25, 0.3) is 0 Å². The molecule has 0 atom stereocenters. The van der Waals surface area contributed by atoms with Gasteiger partial charge in [-0.2, -0.15) is 15.0 Å². The second-order valence-electron chi connectivity index (χ2n) is 5.26. The van der Waals surface area contributed by atoms with Gasteiger partial charge in [-0.05, 0) is 18.8 Å². The van der Waals surface area contributed by atoms with Crippen molar-refractivity contribution in [2.45, 2.75) is 26.7 Å². The molecule has 1 aliphatic rings. The van der Waals surface area contributed by atoms with E-state index in [0.717, 1.165) is 19.6 Å². The lowest BCUT2D eigenvalue weighted by atomic mass is 10.2. The number of nitrogens with two attached hydrogens (primary N) is 1. The van der Waals surface area contributed by atoms with Crippen molar-refractivity contribution in [1.82, 2.24) is 15.0 Å². The molecule has 0 aliphatic carbocycles. The quantitative estimate of drug-likeness (QED) is 0.864.